The van der Waals surface area contributed by atoms with E-state index in [4.69, 9.17) is 16.7 Å². The summed E-state index contributed by atoms with van der Waals surface area (Å²) in [7, 11) is 0. The molecule has 2 aromatic rings. The Morgan fingerprint density at radius 3 is 3.04 bits per heavy atom. The van der Waals surface area contributed by atoms with Crippen LogP contribution in [0.3, 0.4) is 0 Å². The van der Waals surface area contributed by atoms with Gasteiger partial charge in [0, 0.05) is 5.39 Å². The van der Waals surface area contributed by atoms with Gasteiger partial charge in [-0.1, -0.05) is 29.4 Å². The van der Waals surface area contributed by atoms with Gasteiger partial charge in [0.25, 0.3) is 0 Å². The SMILES string of the molecule is O=C(O)CC1SC(=NN=Cc2ccc3nc(Cl)ccc3c2)NC1=O. The molecule has 1 saturated heterocycles. The summed E-state index contributed by atoms with van der Waals surface area (Å²) in [5, 5.41) is 20.0. The van der Waals surface area contributed by atoms with Crippen molar-refractivity contribution in [2.75, 3.05) is 0 Å². The zero-order chi connectivity index (χ0) is 17.1. The number of aliphatic carboxylic acids is 1. The Kier molecular flexibility index (Phi) is 4.77. The molecule has 1 aromatic carbocycles. The monoisotopic (exact) mass is 362 g/mol. The van der Waals surface area contributed by atoms with E-state index in [0.717, 1.165) is 28.2 Å². The number of carbonyl (C=O) groups is 2. The average Bonchev–Trinajstić information content (AvgIpc) is 2.86. The molecule has 9 heteroatoms. The maximum Gasteiger partial charge on any atom is 0.305 e. The number of amidine groups is 1. The van der Waals surface area contributed by atoms with Crippen LogP contribution >= 0.6 is 23.4 Å². The topological polar surface area (TPSA) is 104 Å². The summed E-state index contributed by atoms with van der Waals surface area (Å²) in [5.74, 6) is -1.40. The molecule has 7 nitrogen and oxygen atoms in total. The van der Waals surface area contributed by atoms with Crippen LogP contribution in [0.5, 0.6) is 0 Å². The summed E-state index contributed by atoms with van der Waals surface area (Å²) in [4.78, 5) is 26.4. The molecule has 0 bridgehead atoms. The highest BCUT2D eigenvalue weighted by Gasteiger charge is 2.32. The van der Waals surface area contributed by atoms with Gasteiger partial charge in [-0.15, -0.1) is 5.10 Å². The van der Waals surface area contributed by atoms with E-state index >= 15 is 0 Å². The second kappa shape index (κ2) is 6.98. The van der Waals surface area contributed by atoms with E-state index in [-0.39, 0.29) is 17.5 Å². The molecule has 1 unspecified atom stereocenters. The van der Waals surface area contributed by atoms with E-state index in [0.29, 0.717) is 5.15 Å². The molecule has 0 aliphatic carbocycles. The van der Waals surface area contributed by atoms with Gasteiger partial charge in [-0.25, -0.2) is 4.98 Å². The molecule has 122 valence electrons. The first-order chi connectivity index (χ1) is 11.5. The quantitative estimate of drug-likeness (QED) is 0.493. The molecule has 2 N–H and O–H groups in total. The first-order valence-electron chi connectivity index (χ1n) is 6.88. The summed E-state index contributed by atoms with van der Waals surface area (Å²) >= 11 is 6.90. The van der Waals surface area contributed by atoms with Gasteiger partial charge in [-0.05, 0) is 29.8 Å². The van der Waals surface area contributed by atoms with Gasteiger partial charge in [0.2, 0.25) is 5.91 Å². The minimum absolute atomic E-state index is 0.251. The van der Waals surface area contributed by atoms with Crippen molar-refractivity contribution in [3.05, 3.63) is 41.0 Å². The fourth-order valence-electron chi connectivity index (χ4n) is 2.09. The van der Waals surface area contributed by atoms with Gasteiger partial charge in [-0.2, -0.15) is 5.10 Å². The Morgan fingerprint density at radius 2 is 2.25 bits per heavy atom. The molecule has 1 atom stereocenters. The largest absolute Gasteiger partial charge is 0.481 e. The van der Waals surface area contributed by atoms with Crippen LogP contribution < -0.4 is 5.32 Å². The highest BCUT2D eigenvalue weighted by molar-refractivity contribution is 8.15. The van der Waals surface area contributed by atoms with Crippen LogP contribution in [0, 0.1) is 0 Å². The Bertz CT molecular complexity index is 884. The van der Waals surface area contributed by atoms with E-state index in [1.165, 1.54) is 6.21 Å². The lowest BCUT2D eigenvalue weighted by Gasteiger charge is -1.99. The average molecular weight is 363 g/mol. The van der Waals surface area contributed by atoms with Crippen LogP contribution in [0.1, 0.15) is 12.0 Å². The molecule has 3 rings (SSSR count). The van der Waals surface area contributed by atoms with E-state index < -0.39 is 11.2 Å². The van der Waals surface area contributed by atoms with Crippen LogP contribution in [0.2, 0.25) is 5.15 Å². The van der Waals surface area contributed by atoms with Crippen LogP contribution in [-0.4, -0.2) is 38.6 Å². The van der Waals surface area contributed by atoms with Crippen molar-refractivity contribution in [3.63, 3.8) is 0 Å². The van der Waals surface area contributed by atoms with Crippen molar-refractivity contribution in [3.8, 4) is 0 Å². The number of aromatic nitrogens is 1. The van der Waals surface area contributed by atoms with Crippen molar-refractivity contribution in [1.29, 1.82) is 0 Å². The number of hydrogen-bond donors (Lipinski definition) is 2. The number of thioether (sulfide) groups is 1. The predicted octanol–water partition coefficient (Wildman–Crippen LogP) is 2.28. The number of rotatable bonds is 4. The van der Waals surface area contributed by atoms with E-state index in [9.17, 15) is 9.59 Å². The molecule has 1 aliphatic heterocycles. The molecule has 2 heterocycles. The van der Waals surface area contributed by atoms with Gasteiger partial charge < -0.3 is 10.4 Å². The number of amides is 1. The highest BCUT2D eigenvalue weighted by Crippen LogP contribution is 2.22. The summed E-state index contributed by atoms with van der Waals surface area (Å²) in [6, 6.07) is 9.10. The molecule has 1 fully saturated rings. The van der Waals surface area contributed by atoms with Crippen molar-refractivity contribution in [1.82, 2.24) is 10.3 Å². The molecule has 0 spiro atoms. The summed E-state index contributed by atoms with van der Waals surface area (Å²) in [6.45, 7) is 0. The fraction of sp³-hybridized carbons (Fsp3) is 0.133. The Labute approximate surface area is 145 Å². The number of benzene rings is 1. The maximum atomic E-state index is 11.6. The van der Waals surface area contributed by atoms with Gasteiger partial charge in [0.1, 0.15) is 10.4 Å². The first-order valence-corrected chi connectivity index (χ1v) is 8.14. The fourth-order valence-corrected chi connectivity index (χ4v) is 3.16. The Balaban J connectivity index is 1.71. The lowest BCUT2D eigenvalue weighted by molar-refractivity contribution is -0.138. The van der Waals surface area contributed by atoms with Crippen molar-refractivity contribution in [2.24, 2.45) is 10.2 Å². The van der Waals surface area contributed by atoms with Crippen LogP contribution in [-0.2, 0) is 9.59 Å². The molecular formula is C15H11ClN4O3S. The number of nitrogens with zero attached hydrogens (tertiary/aromatic N) is 3. The number of carboxylic acids is 1. The summed E-state index contributed by atoms with van der Waals surface area (Å²) < 4.78 is 0. The maximum absolute atomic E-state index is 11.6. The molecule has 0 saturated carbocycles. The minimum Gasteiger partial charge on any atom is -0.481 e. The number of halogens is 1. The van der Waals surface area contributed by atoms with Crippen molar-refractivity contribution < 1.29 is 14.7 Å². The third-order valence-corrected chi connectivity index (χ3v) is 4.45. The zero-order valence-corrected chi connectivity index (χ0v) is 13.7. The molecular weight excluding hydrogens is 352 g/mol. The Morgan fingerprint density at radius 1 is 1.42 bits per heavy atom. The molecule has 0 radical (unpaired) electrons. The number of nitrogens with one attached hydrogen (secondary N) is 1. The van der Waals surface area contributed by atoms with E-state index in [2.05, 4.69) is 20.5 Å². The van der Waals surface area contributed by atoms with Crippen molar-refractivity contribution >= 4 is 57.5 Å². The third-order valence-electron chi connectivity index (χ3n) is 3.17. The highest BCUT2D eigenvalue weighted by atomic mass is 35.5. The normalized spacial score (nSPS) is 19.3. The van der Waals surface area contributed by atoms with Gasteiger partial charge in [-0.3, -0.25) is 9.59 Å². The Hall–Kier alpha value is -2.45. The lowest BCUT2D eigenvalue weighted by atomic mass is 10.1. The van der Waals surface area contributed by atoms with Crippen molar-refractivity contribution in [2.45, 2.75) is 11.7 Å². The zero-order valence-electron chi connectivity index (χ0n) is 12.1. The van der Waals surface area contributed by atoms with E-state index in [1.807, 2.05) is 24.3 Å². The minimum atomic E-state index is -1.03. The molecule has 1 amide bonds. The van der Waals surface area contributed by atoms with Gasteiger partial charge in [0.05, 0.1) is 18.2 Å². The van der Waals surface area contributed by atoms with Crippen LogP contribution in [0.25, 0.3) is 10.9 Å². The number of carboxylic acid groups (broad SMARTS) is 1. The van der Waals surface area contributed by atoms with Gasteiger partial charge >= 0.3 is 5.97 Å². The first kappa shape index (κ1) is 16.4. The van der Waals surface area contributed by atoms with Crippen LogP contribution in [0.15, 0.2) is 40.5 Å². The second-order valence-electron chi connectivity index (χ2n) is 4.93. The van der Waals surface area contributed by atoms with Gasteiger partial charge in [0.15, 0.2) is 5.17 Å². The smallest absolute Gasteiger partial charge is 0.305 e. The molecule has 1 aromatic heterocycles. The third kappa shape index (κ3) is 3.90. The van der Waals surface area contributed by atoms with Crippen LogP contribution in [0.4, 0.5) is 0 Å². The number of pyridine rings is 1. The summed E-state index contributed by atoms with van der Waals surface area (Å²) in [5.41, 5.74) is 1.59. The predicted molar refractivity (Wildman–Crippen MR) is 93.6 cm³/mol. The van der Waals surface area contributed by atoms with E-state index in [1.54, 1.807) is 6.07 Å². The lowest BCUT2D eigenvalue weighted by Crippen LogP contribution is -2.26. The molecule has 1 aliphatic rings. The number of hydrogen-bond acceptors (Lipinski definition) is 6. The second-order valence-corrected chi connectivity index (χ2v) is 6.51. The molecule has 24 heavy (non-hydrogen) atoms. The number of carbonyl (C=O) groups excluding carboxylic acids is 1. The number of fused-ring (bicyclic) bond motifs is 1. The standard InChI is InChI=1S/C15H11ClN4O3S/c16-12-4-2-9-5-8(1-3-10(9)18-12)7-17-20-15-19-14(23)11(24-15)6-13(21)22/h1-5,7,11H,6H2,(H,21,22)(H,19,20,23). The summed E-state index contributed by atoms with van der Waals surface area (Å²) in [6.07, 6.45) is 1.29.